The lowest BCUT2D eigenvalue weighted by atomic mass is 10.0. The second-order valence-corrected chi connectivity index (χ2v) is 10.00. The summed E-state index contributed by atoms with van der Waals surface area (Å²) in [7, 11) is 0. The molecule has 0 radical (unpaired) electrons. The monoisotopic (exact) mass is 625 g/mol. The number of aromatic amines is 2. The minimum absolute atomic E-state index is 0.0215. The van der Waals surface area contributed by atoms with Crippen molar-refractivity contribution in [2.24, 2.45) is 0 Å². The van der Waals surface area contributed by atoms with E-state index in [0.29, 0.717) is 16.6 Å². The van der Waals surface area contributed by atoms with Gasteiger partial charge in [0.05, 0.1) is 17.7 Å². The molecule has 0 saturated heterocycles. The van der Waals surface area contributed by atoms with E-state index in [2.05, 4.69) is 15.0 Å². The van der Waals surface area contributed by atoms with E-state index in [-0.39, 0.29) is 41.5 Å². The van der Waals surface area contributed by atoms with Crippen LogP contribution in [0.3, 0.4) is 0 Å². The first-order valence-corrected chi connectivity index (χ1v) is 13.0. The second-order valence-electron chi connectivity index (χ2n) is 10.00. The van der Waals surface area contributed by atoms with Gasteiger partial charge in [-0.05, 0) is 54.7 Å². The predicted octanol–water partition coefficient (Wildman–Crippen LogP) is 6.28. The number of halogens is 6. The van der Waals surface area contributed by atoms with Crippen LogP contribution in [0, 0.1) is 0 Å². The van der Waals surface area contributed by atoms with Gasteiger partial charge in [-0.3, -0.25) is 15.0 Å². The van der Waals surface area contributed by atoms with Crippen LogP contribution < -0.4 is 10.2 Å². The minimum atomic E-state index is -5.40. The first kappa shape index (κ1) is 31.9. The third kappa shape index (κ3) is 6.95. The summed E-state index contributed by atoms with van der Waals surface area (Å²) in [6, 6.07) is 2.55. The molecule has 4 aromatic rings. The van der Waals surface area contributed by atoms with Crippen molar-refractivity contribution in [1.29, 1.82) is 0 Å². The van der Waals surface area contributed by atoms with E-state index in [1.807, 2.05) is 19.3 Å². The van der Waals surface area contributed by atoms with Crippen LogP contribution in [-0.2, 0) is 33.2 Å². The summed E-state index contributed by atoms with van der Waals surface area (Å²) < 4.78 is 90.9. The van der Waals surface area contributed by atoms with E-state index in [1.54, 1.807) is 6.20 Å². The molecule has 0 aliphatic carbocycles. The van der Waals surface area contributed by atoms with E-state index in [9.17, 15) is 45.8 Å². The SMILES string of the molecule is CC(C)c1c[nH]c2ccc(Oc3c(C(F)(F)F)cc(NN(C(=O)C=O)C(CCc4c[nH]cn4)C(=O)O)cc3C(F)(F)F)cc12. The van der Waals surface area contributed by atoms with Crippen molar-refractivity contribution in [2.45, 2.75) is 51.0 Å². The highest BCUT2D eigenvalue weighted by Crippen LogP contribution is 2.48. The number of nitrogens with one attached hydrogen (secondary N) is 3. The molecule has 1 amide bonds. The number of hydrazine groups is 1. The summed E-state index contributed by atoms with van der Waals surface area (Å²) in [4.78, 5) is 45.2. The molecule has 234 valence electrons. The number of carbonyl (C=O) groups is 3. The molecule has 2 heterocycles. The molecule has 16 heteroatoms. The number of H-pyrrole nitrogens is 2. The average molecular weight is 626 g/mol. The number of hydrogen-bond donors (Lipinski definition) is 4. The Kier molecular flexibility index (Phi) is 8.92. The molecule has 2 aromatic carbocycles. The fourth-order valence-corrected chi connectivity index (χ4v) is 4.56. The van der Waals surface area contributed by atoms with Gasteiger partial charge in [-0.1, -0.05) is 13.8 Å². The molecule has 0 aliphatic rings. The summed E-state index contributed by atoms with van der Waals surface area (Å²) in [5.74, 6) is -5.12. The number of carboxylic acids is 1. The number of carboxylic acid groups (broad SMARTS) is 1. The van der Waals surface area contributed by atoms with Gasteiger partial charge in [-0.2, -0.15) is 26.3 Å². The number of aliphatic carboxylic acids is 1. The third-order valence-electron chi connectivity index (χ3n) is 6.64. The maximum Gasteiger partial charge on any atom is 0.420 e. The Morgan fingerprint density at radius 2 is 1.73 bits per heavy atom. The van der Waals surface area contributed by atoms with Crippen molar-refractivity contribution in [1.82, 2.24) is 20.0 Å². The topological polar surface area (TPSA) is 140 Å². The number of aromatic nitrogens is 3. The smallest absolute Gasteiger partial charge is 0.420 e. The van der Waals surface area contributed by atoms with Crippen LogP contribution in [0.2, 0.25) is 0 Å². The zero-order chi connectivity index (χ0) is 32.4. The van der Waals surface area contributed by atoms with Gasteiger partial charge < -0.3 is 19.8 Å². The third-order valence-corrected chi connectivity index (χ3v) is 6.64. The van der Waals surface area contributed by atoms with E-state index in [0.717, 1.165) is 5.56 Å². The highest BCUT2D eigenvalue weighted by molar-refractivity contribution is 6.24. The number of ether oxygens (including phenoxy) is 1. The van der Waals surface area contributed by atoms with Gasteiger partial charge in [-0.25, -0.2) is 14.8 Å². The van der Waals surface area contributed by atoms with Gasteiger partial charge in [0.25, 0.3) is 0 Å². The van der Waals surface area contributed by atoms with Crippen molar-refractivity contribution in [3.8, 4) is 11.5 Å². The largest absolute Gasteiger partial charge is 0.480 e. The maximum absolute atomic E-state index is 14.3. The highest BCUT2D eigenvalue weighted by Gasteiger charge is 2.43. The van der Waals surface area contributed by atoms with Crippen molar-refractivity contribution >= 4 is 34.8 Å². The van der Waals surface area contributed by atoms with Crippen molar-refractivity contribution in [3.05, 3.63) is 71.4 Å². The van der Waals surface area contributed by atoms with E-state index in [1.165, 1.54) is 30.7 Å². The molecular formula is C28H25F6N5O5. The summed E-state index contributed by atoms with van der Waals surface area (Å²) in [5, 5.41) is 10.4. The normalized spacial score (nSPS) is 12.8. The molecule has 0 fully saturated rings. The van der Waals surface area contributed by atoms with Gasteiger partial charge in [0.1, 0.15) is 16.9 Å². The molecule has 0 aliphatic heterocycles. The van der Waals surface area contributed by atoms with Crippen molar-refractivity contribution in [2.75, 3.05) is 5.43 Å². The van der Waals surface area contributed by atoms with E-state index < -0.39 is 59.3 Å². The number of carbonyl (C=O) groups excluding carboxylic acids is 2. The Bertz CT molecular complexity index is 1630. The van der Waals surface area contributed by atoms with Crippen LogP contribution >= 0.6 is 0 Å². The van der Waals surface area contributed by atoms with Gasteiger partial charge in [0.2, 0.25) is 6.29 Å². The number of alkyl halides is 6. The lowest BCUT2D eigenvalue weighted by Gasteiger charge is -2.29. The van der Waals surface area contributed by atoms with Crippen molar-refractivity contribution in [3.63, 3.8) is 0 Å². The van der Waals surface area contributed by atoms with Crippen LogP contribution in [0.4, 0.5) is 32.0 Å². The van der Waals surface area contributed by atoms with Crippen LogP contribution in [0.5, 0.6) is 11.5 Å². The van der Waals surface area contributed by atoms with Crippen LogP contribution in [0.25, 0.3) is 10.9 Å². The number of hydrogen-bond acceptors (Lipinski definition) is 6. The first-order chi connectivity index (χ1) is 20.6. The highest BCUT2D eigenvalue weighted by atomic mass is 19.4. The van der Waals surface area contributed by atoms with E-state index >= 15 is 0 Å². The van der Waals surface area contributed by atoms with Gasteiger partial charge in [0, 0.05) is 23.3 Å². The molecule has 4 rings (SSSR count). The second kappa shape index (κ2) is 12.3. The molecule has 1 atom stereocenters. The van der Waals surface area contributed by atoms with E-state index in [4.69, 9.17) is 4.74 Å². The quantitative estimate of drug-likeness (QED) is 0.0665. The van der Waals surface area contributed by atoms with Crippen molar-refractivity contribution < 1.29 is 50.6 Å². The molecule has 4 N–H and O–H groups in total. The molecule has 2 aromatic heterocycles. The zero-order valence-corrected chi connectivity index (χ0v) is 23.0. The first-order valence-electron chi connectivity index (χ1n) is 13.0. The number of rotatable bonds is 11. The fourth-order valence-electron chi connectivity index (χ4n) is 4.56. The average Bonchev–Trinajstić information content (AvgIpc) is 3.61. The fraction of sp³-hybridized carbons (Fsp3) is 0.286. The molecule has 0 saturated carbocycles. The minimum Gasteiger partial charge on any atom is -0.480 e. The molecule has 10 nitrogen and oxygen atoms in total. The Hall–Kier alpha value is -5.02. The van der Waals surface area contributed by atoms with Crippen LogP contribution in [0.1, 0.15) is 48.6 Å². The predicted molar refractivity (Wildman–Crippen MR) is 144 cm³/mol. The standard InChI is InChI=1S/C28H25F6N5O5/c1-14(2)19-11-36-22-5-4-17(9-18(19)22)44-25-20(27(29,30)31)7-16(8-21(25)28(32,33)34)38-39(24(41)12-40)23(26(42)43)6-3-15-10-35-13-37-15/h4-5,7-14,23,36,38H,3,6H2,1-2H3,(H,35,37)(H,42,43). The lowest BCUT2D eigenvalue weighted by molar-refractivity contribution is -0.150. The molecular weight excluding hydrogens is 600 g/mol. The van der Waals surface area contributed by atoms with Gasteiger partial charge in [-0.15, -0.1) is 0 Å². The Morgan fingerprint density at radius 3 is 2.25 bits per heavy atom. The molecule has 44 heavy (non-hydrogen) atoms. The number of amides is 1. The number of nitrogens with zero attached hydrogens (tertiary/aromatic N) is 2. The summed E-state index contributed by atoms with van der Waals surface area (Å²) in [6.45, 7) is 3.71. The Balaban J connectivity index is 1.80. The number of aldehydes is 1. The lowest BCUT2D eigenvalue weighted by Crippen LogP contribution is -2.49. The summed E-state index contributed by atoms with van der Waals surface area (Å²) >= 11 is 0. The van der Waals surface area contributed by atoms with Crippen LogP contribution in [-0.4, -0.2) is 49.3 Å². The molecule has 0 bridgehead atoms. The number of anilines is 1. The summed E-state index contributed by atoms with van der Waals surface area (Å²) in [5.41, 5.74) is -1.01. The molecule has 1 unspecified atom stereocenters. The Labute approximate surface area is 245 Å². The maximum atomic E-state index is 14.3. The zero-order valence-electron chi connectivity index (χ0n) is 23.0. The van der Waals surface area contributed by atoms with Gasteiger partial charge in [0.15, 0.2) is 11.8 Å². The number of fused-ring (bicyclic) bond motifs is 1. The van der Waals surface area contributed by atoms with Gasteiger partial charge >= 0.3 is 24.2 Å². The Morgan fingerprint density at radius 1 is 1.07 bits per heavy atom. The summed E-state index contributed by atoms with van der Waals surface area (Å²) in [6.07, 6.45) is -7.21. The van der Waals surface area contributed by atoms with Crippen LogP contribution in [0.15, 0.2) is 49.1 Å². The number of imidazole rings is 1. The number of aryl methyl sites for hydroxylation is 1. The number of benzene rings is 2. The molecule has 0 spiro atoms.